The highest BCUT2D eigenvalue weighted by Gasteiger charge is 2.22. The molecule has 5 nitrogen and oxygen atoms in total. The molecule has 2 rings (SSSR count). The molecule has 88 valence electrons. The minimum Gasteiger partial charge on any atom is -0.346 e. The lowest BCUT2D eigenvalue weighted by atomic mass is 10.0. The van der Waals surface area contributed by atoms with Crippen LogP contribution in [0.3, 0.4) is 0 Å². The molecule has 1 heterocycles. The zero-order valence-electron chi connectivity index (χ0n) is 9.28. The lowest BCUT2D eigenvalue weighted by Gasteiger charge is -2.22. The van der Waals surface area contributed by atoms with E-state index in [-0.39, 0.29) is 18.0 Å². The molecule has 0 radical (unpaired) electrons. The zero-order valence-corrected chi connectivity index (χ0v) is 9.28. The number of hydrogen-bond donors (Lipinski definition) is 3. The molecule has 16 heavy (non-hydrogen) atoms. The number of amides is 1. The zero-order chi connectivity index (χ0) is 11.4. The number of H-pyrrole nitrogens is 1. The molecule has 1 saturated carbocycles. The lowest BCUT2D eigenvalue weighted by molar-refractivity contribution is 0.0923. The SMILES string of the molecule is NC1CCCCCC1NC(=O)c1ccn[nH]1. The van der Waals surface area contributed by atoms with Crippen molar-refractivity contribution in [3.8, 4) is 0 Å². The molecule has 1 amide bonds. The van der Waals surface area contributed by atoms with E-state index in [1.54, 1.807) is 12.3 Å². The predicted octanol–water partition coefficient (Wildman–Crippen LogP) is 0.799. The number of hydrogen-bond acceptors (Lipinski definition) is 3. The average molecular weight is 222 g/mol. The summed E-state index contributed by atoms with van der Waals surface area (Å²) in [5, 5.41) is 9.39. The van der Waals surface area contributed by atoms with Crippen molar-refractivity contribution >= 4 is 5.91 Å². The first kappa shape index (κ1) is 11.1. The molecule has 1 aromatic heterocycles. The number of nitrogens with two attached hydrogens (primary N) is 1. The fourth-order valence-corrected chi connectivity index (χ4v) is 2.14. The van der Waals surface area contributed by atoms with Crippen molar-refractivity contribution in [2.24, 2.45) is 5.73 Å². The predicted molar refractivity (Wildman–Crippen MR) is 60.9 cm³/mol. The van der Waals surface area contributed by atoms with Crippen molar-refractivity contribution in [2.75, 3.05) is 0 Å². The summed E-state index contributed by atoms with van der Waals surface area (Å²) in [4.78, 5) is 11.8. The summed E-state index contributed by atoms with van der Waals surface area (Å²) < 4.78 is 0. The molecule has 1 aliphatic rings. The number of nitrogens with one attached hydrogen (secondary N) is 2. The first-order valence-corrected chi connectivity index (χ1v) is 5.83. The van der Waals surface area contributed by atoms with Gasteiger partial charge in [-0.25, -0.2) is 0 Å². The van der Waals surface area contributed by atoms with Crippen LogP contribution in [0.15, 0.2) is 12.3 Å². The summed E-state index contributed by atoms with van der Waals surface area (Å²) in [6.45, 7) is 0. The Bertz CT molecular complexity index is 336. The Hall–Kier alpha value is -1.36. The van der Waals surface area contributed by atoms with Crippen molar-refractivity contribution < 1.29 is 4.79 Å². The molecule has 2 atom stereocenters. The molecule has 1 aromatic rings. The fraction of sp³-hybridized carbons (Fsp3) is 0.636. The van der Waals surface area contributed by atoms with Crippen LogP contribution in [-0.4, -0.2) is 28.2 Å². The van der Waals surface area contributed by atoms with Crippen molar-refractivity contribution in [3.05, 3.63) is 18.0 Å². The molecule has 0 bridgehead atoms. The van der Waals surface area contributed by atoms with Gasteiger partial charge in [-0.05, 0) is 18.9 Å². The Kier molecular flexibility index (Phi) is 3.56. The maximum absolute atomic E-state index is 11.8. The third-order valence-electron chi connectivity index (χ3n) is 3.13. The van der Waals surface area contributed by atoms with E-state index in [2.05, 4.69) is 15.5 Å². The summed E-state index contributed by atoms with van der Waals surface area (Å²) in [7, 11) is 0. The Balaban J connectivity index is 1.95. The highest BCUT2D eigenvalue weighted by atomic mass is 16.2. The Morgan fingerprint density at radius 3 is 3.00 bits per heavy atom. The molecule has 0 saturated heterocycles. The van der Waals surface area contributed by atoms with Gasteiger partial charge in [0.15, 0.2) is 0 Å². The molecule has 0 aliphatic heterocycles. The van der Waals surface area contributed by atoms with Gasteiger partial charge >= 0.3 is 0 Å². The van der Waals surface area contributed by atoms with E-state index < -0.39 is 0 Å². The minimum atomic E-state index is -0.111. The monoisotopic (exact) mass is 222 g/mol. The quantitative estimate of drug-likeness (QED) is 0.647. The minimum absolute atomic E-state index is 0.0781. The van der Waals surface area contributed by atoms with Gasteiger partial charge in [-0.15, -0.1) is 0 Å². The molecule has 5 heteroatoms. The topological polar surface area (TPSA) is 83.8 Å². The number of carbonyl (C=O) groups is 1. The highest BCUT2D eigenvalue weighted by Crippen LogP contribution is 2.16. The maximum atomic E-state index is 11.8. The third-order valence-corrected chi connectivity index (χ3v) is 3.13. The summed E-state index contributed by atoms with van der Waals surface area (Å²) in [6, 6.07) is 1.84. The van der Waals surface area contributed by atoms with Gasteiger partial charge in [0.05, 0.1) is 0 Å². The normalized spacial score (nSPS) is 26.1. The second-order valence-electron chi connectivity index (χ2n) is 4.35. The van der Waals surface area contributed by atoms with Gasteiger partial charge in [0.2, 0.25) is 0 Å². The van der Waals surface area contributed by atoms with Gasteiger partial charge in [0.25, 0.3) is 5.91 Å². The van der Waals surface area contributed by atoms with E-state index >= 15 is 0 Å². The summed E-state index contributed by atoms with van der Waals surface area (Å²) in [5.41, 5.74) is 6.54. The standard InChI is InChI=1S/C11H18N4O/c12-8-4-2-1-3-5-9(8)14-11(16)10-6-7-13-15-10/h6-9H,1-5,12H2,(H,13,15)(H,14,16). The van der Waals surface area contributed by atoms with Crippen LogP contribution >= 0.6 is 0 Å². The summed E-state index contributed by atoms with van der Waals surface area (Å²) >= 11 is 0. The van der Waals surface area contributed by atoms with Crippen LogP contribution in [0.2, 0.25) is 0 Å². The first-order valence-electron chi connectivity index (χ1n) is 5.83. The van der Waals surface area contributed by atoms with Gasteiger partial charge in [-0.3, -0.25) is 9.89 Å². The number of rotatable bonds is 2. The second-order valence-corrected chi connectivity index (χ2v) is 4.35. The number of aromatic nitrogens is 2. The number of nitrogens with zero attached hydrogens (tertiary/aromatic N) is 1. The molecule has 1 fully saturated rings. The maximum Gasteiger partial charge on any atom is 0.269 e. The van der Waals surface area contributed by atoms with E-state index in [0.717, 1.165) is 25.7 Å². The highest BCUT2D eigenvalue weighted by molar-refractivity contribution is 5.92. The van der Waals surface area contributed by atoms with E-state index in [9.17, 15) is 4.79 Å². The fourth-order valence-electron chi connectivity index (χ4n) is 2.14. The molecule has 0 spiro atoms. The molecular weight excluding hydrogens is 204 g/mol. The van der Waals surface area contributed by atoms with E-state index in [1.807, 2.05) is 0 Å². The molecule has 0 aromatic carbocycles. The van der Waals surface area contributed by atoms with Crippen LogP contribution in [0.4, 0.5) is 0 Å². The van der Waals surface area contributed by atoms with E-state index in [1.165, 1.54) is 6.42 Å². The van der Waals surface area contributed by atoms with Crippen LogP contribution in [0.5, 0.6) is 0 Å². The van der Waals surface area contributed by atoms with E-state index in [0.29, 0.717) is 5.69 Å². The van der Waals surface area contributed by atoms with Crippen molar-refractivity contribution in [1.82, 2.24) is 15.5 Å². The lowest BCUT2D eigenvalue weighted by Crippen LogP contribution is -2.47. The van der Waals surface area contributed by atoms with Crippen LogP contribution < -0.4 is 11.1 Å². The van der Waals surface area contributed by atoms with Gasteiger partial charge in [-0.1, -0.05) is 19.3 Å². The van der Waals surface area contributed by atoms with E-state index in [4.69, 9.17) is 5.73 Å². The molecular formula is C11H18N4O. The Labute approximate surface area is 94.8 Å². The van der Waals surface area contributed by atoms with Gasteiger partial charge in [-0.2, -0.15) is 5.10 Å². The van der Waals surface area contributed by atoms with Gasteiger partial charge < -0.3 is 11.1 Å². The van der Waals surface area contributed by atoms with Crippen molar-refractivity contribution in [1.29, 1.82) is 0 Å². The number of carbonyl (C=O) groups excluding carboxylic acids is 1. The molecule has 2 unspecified atom stereocenters. The second kappa shape index (κ2) is 5.12. The van der Waals surface area contributed by atoms with Crippen molar-refractivity contribution in [3.63, 3.8) is 0 Å². The molecule has 4 N–H and O–H groups in total. The summed E-state index contributed by atoms with van der Waals surface area (Å²) in [6.07, 6.45) is 7.06. The Morgan fingerprint density at radius 2 is 2.25 bits per heavy atom. The van der Waals surface area contributed by atoms with Crippen LogP contribution in [0.1, 0.15) is 42.6 Å². The van der Waals surface area contributed by atoms with Crippen LogP contribution in [-0.2, 0) is 0 Å². The first-order chi connectivity index (χ1) is 7.77. The smallest absolute Gasteiger partial charge is 0.269 e. The van der Waals surface area contributed by atoms with Gasteiger partial charge in [0.1, 0.15) is 5.69 Å². The van der Waals surface area contributed by atoms with Crippen LogP contribution in [0, 0.1) is 0 Å². The van der Waals surface area contributed by atoms with Crippen LogP contribution in [0.25, 0.3) is 0 Å². The average Bonchev–Trinajstić information content (AvgIpc) is 2.73. The molecule has 1 aliphatic carbocycles. The number of aromatic amines is 1. The van der Waals surface area contributed by atoms with Gasteiger partial charge in [0, 0.05) is 18.3 Å². The third kappa shape index (κ3) is 2.61. The summed E-state index contributed by atoms with van der Waals surface area (Å²) in [5.74, 6) is -0.111. The Morgan fingerprint density at radius 1 is 1.44 bits per heavy atom. The van der Waals surface area contributed by atoms with Crippen molar-refractivity contribution in [2.45, 2.75) is 44.2 Å². The largest absolute Gasteiger partial charge is 0.346 e.